The molecule has 0 aliphatic heterocycles. The largest absolute Gasteiger partial charge is 0.481 e. The number of aryl methyl sites for hydroxylation is 2. The van der Waals surface area contributed by atoms with Crippen molar-refractivity contribution in [3.63, 3.8) is 0 Å². The Bertz CT molecular complexity index is 1090. The van der Waals surface area contributed by atoms with Gasteiger partial charge >= 0.3 is 17.3 Å². The van der Waals surface area contributed by atoms with Gasteiger partial charge in [0.05, 0.1) is 6.42 Å². The number of amides is 1. The van der Waals surface area contributed by atoms with Crippen LogP contribution in [0.5, 0.6) is 0 Å². The second kappa shape index (κ2) is 9.67. The molecule has 3 N–H and O–H groups in total. The predicted octanol–water partition coefficient (Wildman–Crippen LogP) is -1.60. The Morgan fingerprint density at radius 3 is 1.70 bits per heavy atom. The highest BCUT2D eigenvalue weighted by molar-refractivity contribution is 5.80. The first-order valence-electron chi connectivity index (χ1n) is 9.18. The molecule has 30 heavy (non-hydrogen) atoms. The highest BCUT2D eigenvalue weighted by atomic mass is 16.4. The molecule has 162 valence electrons. The molecule has 12 heteroatoms. The van der Waals surface area contributed by atoms with Crippen LogP contribution in [0.15, 0.2) is 31.6 Å². The summed E-state index contributed by atoms with van der Waals surface area (Å²) in [5, 5.41) is 8.82. The fraction of sp³-hybridized carbons (Fsp3) is 0.444. The molecule has 0 aromatic carbocycles. The lowest BCUT2D eigenvalue weighted by Gasteiger charge is -2.23. The third-order valence-corrected chi connectivity index (χ3v) is 4.51. The number of rotatable bonds is 9. The number of carbonyl (C=O) groups excluding carboxylic acids is 1. The summed E-state index contributed by atoms with van der Waals surface area (Å²) in [4.78, 5) is 75.8. The smallest absolute Gasteiger partial charge is 0.328 e. The van der Waals surface area contributed by atoms with E-state index in [9.17, 15) is 28.8 Å². The van der Waals surface area contributed by atoms with Gasteiger partial charge in [-0.2, -0.15) is 0 Å². The molecule has 0 atom stereocenters. The Morgan fingerprint density at radius 1 is 0.867 bits per heavy atom. The predicted molar refractivity (Wildman–Crippen MR) is 106 cm³/mol. The maximum atomic E-state index is 12.5. The number of carboxylic acid groups (broad SMARTS) is 1. The first-order valence-corrected chi connectivity index (χ1v) is 9.18. The summed E-state index contributed by atoms with van der Waals surface area (Å²) in [7, 11) is 0. The van der Waals surface area contributed by atoms with E-state index in [0.29, 0.717) is 11.1 Å². The lowest BCUT2D eigenvalue weighted by Crippen LogP contribution is -2.41. The number of nitrogens with zero attached hydrogens (tertiary/aromatic N) is 3. The van der Waals surface area contributed by atoms with E-state index in [2.05, 4.69) is 9.97 Å². The average molecular weight is 421 g/mol. The first kappa shape index (κ1) is 22.6. The fourth-order valence-electron chi connectivity index (χ4n) is 2.76. The van der Waals surface area contributed by atoms with Crippen molar-refractivity contribution in [1.29, 1.82) is 0 Å². The summed E-state index contributed by atoms with van der Waals surface area (Å²) in [6, 6.07) is 0. The van der Waals surface area contributed by atoms with Crippen LogP contribution in [0.1, 0.15) is 24.0 Å². The summed E-state index contributed by atoms with van der Waals surface area (Å²) in [6.45, 7) is 3.32. The maximum absolute atomic E-state index is 12.5. The second-order valence-electron chi connectivity index (χ2n) is 6.80. The molecule has 0 spiro atoms. The number of hydrogen-bond donors (Lipinski definition) is 3. The molecular weight excluding hydrogens is 398 g/mol. The molecule has 2 rings (SSSR count). The molecule has 0 saturated heterocycles. The van der Waals surface area contributed by atoms with Crippen molar-refractivity contribution in [3.8, 4) is 0 Å². The van der Waals surface area contributed by atoms with E-state index in [-0.39, 0.29) is 39.0 Å². The van der Waals surface area contributed by atoms with E-state index in [4.69, 9.17) is 5.11 Å². The Kier molecular flexibility index (Phi) is 7.28. The van der Waals surface area contributed by atoms with Crippen molar-refractivity contribution < 1.29 is 14.7 Å². The van der Waals surface area contributed by atoms with Crippen molar-refractivity contribution in [2.45, 2.75) is 39.8 Å². The first-order chi connectivity index (χ1) is 14.1. The van der Waals surface area contributed by atoms with Gasteiger partial charge in [0, 0.05) is 56.1 Å². The zero-order valence-electron chi connectivity index (χ0n) is 16.6. The number of aromatic amines is 2. The topological polar surface area (TPSA) is 167 Å². The quantitative estimate of drug-likeness (QED) is 0.438. The molecule has 2 heterocycles. The Hall–Kier alpha value is -3.70. The number of aromatic nitrogens is 4. The highest BCUT2D eigenvalue weighted by Gasteiger charge is 2.16. The van der Waals surface area contributed by atoms with Crippen LogP contribution >= 0.6 is 0 Å². The number of carboxylic acids is 1. The van der Waals surface area contributed by atoms with Crippen LogP contribution in [0.2, 0.25) is 0 Å². The van der Waals surface area contributed by atoms with Gasteiger partial charge in [-0.15, -0.1) is 0 Å². The van der Waals surface area contributed by atoms with Crippen molar-refractivity contribution in [2.24, 2.45) is 0 Å². The maximum Gasteiger partial charge on any atom is 0.328 e. The van der Waals surface area contributed by atoms with Gasteiger partial charge in [0.1, 0.15) is 0 Å². The van der Waals surface area contributed by atoms with Gasteiger partial charge in [0.2, 0.25) is 5.91 Å². The van der Waals surface area contributed by atoms with Crippen LogP contribution in [-0.4, -0.2) is 54.1 Å². The third kappa shape index (κ3) is 5.90. The van der Waals surface area contributed by atoms with Gasteiger partial charge in [0.15, 0.2) is 0 Å². The van der Waals surface area contributed by atoms with E-state index in [0.717, 1.165) is 0 Å². The standard InChI is InChI=1S/C18H23N5O7/c1-11-9-22(17(29)19-15(11)27)7-5-21(13(24)3-4-14(25)26)6-8-23-10-12(2)16(28)20-18(23)30/h9-10H,3-8H2,1-2H3,(H,25,26)(H,19,27,29)(H,20,28,30). The van der Waals surface area contributed by atoms with Gasteiger partial charge in [-0.1, -0.05) is 0 Å². The number of carbonyl (C=O) groups is 2. The second-order valence-corrected chi connectivity index (χ2v) is 6.80. The molecule has 0 bridgehead atoms. The normalized spacial score (nSPS) is 10.7. The molecule has 12 nitrogen and oxygen atoms in total. The van der Waals surface area contributed by atoms with E-state index in [1.165, 1.54) is 40.3 Å². The van der Waals surface area contributed by atoms with Gasteiger partial charge in [-0.25, -0.2) is 9.59 Å². The average Bonchev–Trinajstić information content (AvgIpc) is 2.67. The van der Waals surface area contributed by atoms with Crippen molar-refractivity contribution >= 4 is 11.9 Å². The molecular formula is C18H23N5O7. The molecule has 0 saturated carbocycles. The molecule has 0 aliphatic rings. The van der Waals surface area contributed by atoms with E-state index in [1.807, 2.05) is 0 Å². The van der Waals surface area contributed by atoms with Gasteiger partial charge in [-0.3, -0.25) is 38.3 Å². The molecule has 1 amide bonds. The van der Waals surface area contributed by atoms with Crippen molar-refractivity contribution in [2.75, 3.05) is 13.1 Å². The van der Waals surface area contributed by atoms with E-state index < -0.39 is 34.4 Å². The molecule has 2 aromatic rings. The van der Waals surface area contributed by atoms with Crippen molar-refractivity contribution in [1.82, 2.24) is 24.0 Å². The van der Waals surface area contributed by atoms with Crippen LogP contribution in [0, 0.1) is 13.8 Å². The molecule has 0 fully saturated rings. The van der Waals surface area contributed by atoms with Crippen molar-refractivity contribution in [3.05, 3.63) is 65.2 Å². The molecule has 0 radical (unpaired) electrons. The summed E-state index contributed by atoms with van der Waals surface area (Å²) in [5.41, 5.74) is -1.61. The minimum atomic E-state index is -1.12. The molecule has 0 unspecified atom stereocenters. The Labute approximate surface area is 169 Å². The number of aliphatic carboxylic acids is 1. The van der Waals surface area contributed by atoms with E-state index in [1.54, 1.807) is 0 Å². The minimum Gasteiger partial charge on any atom is -0.481 e. The zero-order chi connectivity index (χ0) is 22.4. The van der Waals surface area contributed by atoms with Gasteiger partial charge in [0.25, 0.3) is 11.1 Å². The Balaban J connectivity index is 2.18. The number of hydrogen-bond acceptors (Lipinski definition) is 6. The van der Waals surface area contributed by atoms with Crippen LogP contribution in [-0.2, 0) is 22.7 Å². The zero-order valence-corrected chi connectivity index (χ0v) is 16.6. The van der Waals surface area contributed by atoms with E-state index >= 15 is 0 Å². The SMILES string of the molecule is Cc1cn(CCN(CCn2cc(C)c(=O)[nH]c2=O)C(=O)CCC(=O)O)c(=O)[nH]c1=O. The highest BCUT2D eigenvalue weighted by Crippen LogP contribution is 2.01. The summed E-state index contributed by atoms with van der Waals surface area (Å²) in [6.07, 6.45) is 2.15. The van der Waals surface area contributed by atoms with Gasteiger partial charge in [-0.05, 0) is 13.8 Å². The van der Waals surface area contributed by atoms with Crippen LogP contribution in [0.25, 0.3) is 0 Å². The minimum absolute atomic E-state index is 0.0565. The van der Waals surface area contributed by atoms with Crippen LogP contribution in [0.4, 0.5) is 0 Å². The third-order valence-electron chi connectivity index (χ3n) is 4.51. The van der Waals surface area contributed by atoms with Gasteiger partial charge < -0.3 is 10.0 Å². The molecule has 2 aromatic heterocycles. The van der Waals surface area contributed by atoms with Crippen LogP contribution < -0.4 is 22.5 Å². The van der Waals surface area contributed by atoms with Crippen LogP contribution in [0.3, 0.4) is 0 Å². The molecule has 0 aliphatic carbocycles. The summed E-state index contributed by atoms with van der Waals surface area (Å²) in [5.74, 6) is -1.58. The summed E-state index contributed by atoms with van der Waals surface area (Å²) >= 11 is 0. The Morgan fingerprint density at radius 2 is 1.30 bits per heavy atom. The monoisotopic (exact) mass is 421 g/mol. The fourth-order valence-corrected chi connectivity index (χ4v) is 2.76. The summed E-state index contributed by atoms with van der Waals surface area (Å²) < 4.78 is 2.48. The number of nitrogens with one attached hydrogen (secondary N) is 2. The lowest BCUT2D eigenvalue weighted by atomic mass is 10.2. The lowest BCUT2D eigenvalue weighted by molar-refractivity contribution is -0.141. The number of H-pyrrole nitrogens is 2.